The van der Waals surface area contributed by atoms with Crippen LogP contribution in [0, 0.1) is 6.92 Å². The van der Waals surface area contributed by atoms with Crippen LogP contribution in [0.3, 0.4) is 0 Å². The number of nitrogens with one attached hydrogen (secondary N) is 1. The fourth-order valence-corrected chi connectivity index (χ4v) is 3.41. The Morgan fingerprint density at radius 2 is 1.81 bits per heavy atom. The van der Waals surface area contributed by atoms with Crippen molar-refractivity contribution in [3.8, 4) is 0 Å². The van der Waals surface area contributed by atoms with Gasteiger partial charge in [0.2, 0.25) is 5.91 Å². The molecule has 1 aliphatic heterocycles. The Hall–Kier alpha value is -2.62. The van der Waals surface area contributed by atoms with Gasteiger partial charge in [-0.25, -0.2) is 0 Å². The van der Waals surface area contributed by atoms with Crippen LogP contribution in [0.25, 0.3) is 0 Å². The van der Waals surface area contributed by atoms with E-state index >= 15 is 0 Å². The van der Waals surface area contributed by atoms with Crippen molar-refractivity contribution < 1.29 is 9.59 Å². The van der Waals surface area contributed by atoms with Crippen molar-refractivity contribution in [1.82, 2.24) is 5.32 Å². The lowest BCUT2D eigenvalue weighted by molar-refractivity contribution is -0.126. The molecule has 0 radical (unpaired) electrons. The molecule has 0 spiro atoms. The van der Waals surface area contributed by atoms with Gasteiger partial charge in [-0.2, -0.15) is 0 Å². The van der Waals surface area contributed by atoms with Crippen LogP contribution in [0.2, 0.25) is 0 Å². The Kier molecular flexibility index (Phi) is 5.40. The number of anilines is 1. The standard InChI is InChI=1S/C22H26N2O2/c1-4-5-6-17-11-12-20-19(13-17)21(23-16(3)25)22(26)24(20)14-18-9-7-15(2)8-10-18/h7-13,21H,4-6,14H2,1-3H3,(H,23,25)/t21-/m1/s1. The van der Waals surface area contributed by atoms with Gasteiger partial charge in [-0.15, -0.1) is 0 Å². The molecule has 136 valence electrons. The van der Waals surface area contributed by atoms with Crippen LogP contribution in [0.15, 0.2) is 42.5 Å². The minimum absolute atomic E-state index is 0.0663. The van der Waals surface area contributed by atoms with Gasteiger partial charge in [0.05, 0.1) is 6.54 Å². The highest BCUT2D eigenvalue weighted by Crippen LogP contribution is 2.37. The summed E-state index contributed by atoms with van der Waals surface area (Å²) >= 11 is 0. The lowest BCUT2D eigenvalue weighted by atomic mass is 10.0. The molecule has 3 rings (SSSR count). The Balaban J connectivity index is 1.93. The molecule has 2 aromatic carbocycles. The first-order chi connectivity index (χ1) is 12.5. The van der Waals surface area contributed by atoms with Crippen molar-refractivity contribution in [3.63, 3.8) is 0 Å². The van der Waals surface area contributed by atoms with E-state index in [1.807, 2.05) is 25.1 Å². The lowest BCUT2D eigenvalue weighted by Crippen LogP contribution is -2.36. The first-order valence-corrected chi connectivity index (χ1v) is 9.26. The first kappa shape index (κ1) is 18.2. The van der Waals surface area contributed by atoms with Gasteiger partial charge < -0.3 is 10.2 Å². The highest BCUT2D eigenvalue weighted by Gasteiger charge is 2.37. The molecule has 0 aliphatic carbocycles. The number of fused-ring (bicyclic) bond motifs is 1. The number of benzene rings is 2. The first-order valence-electron chi connectivity index (χ1n) is 9.26. The topological polar surface area (TPSA) is 49.4 Å². The van der Waals surface area contributed by atoms with Crippen molar-refractivity contribution in [2.75, 3.05) is 4.90 Å². The Morgan fingerprint density at radius 1 is 1.12 bits per heavy atom. The predicted molar refractivity (Wildman–Crippen MR) is 104 cm³/mol. The molecule has 0 saturated carbocycles. The van der Waals surface area contributed by atoms with E-state index in [-0.39, 0.29) is 11.8 Å². The summed E-state index contributed by atoms with van der Waals surface area (Å²) in [7, 11) is 0. The van der Waals surface area contributed by atoms with E-state index in [2.05, 4.69) is 36.5 Å². The van der Waals surface area contributed by atoms with Gasteiger partial charge in [-0.3, -0.25) is 9.59 Å². The molecule has 0 saturated heterocycles. The molecule has 0 aromatic heterocycles. The largest absolute Gasteiger partial charge is 0.341 e. The molecule has 4 heteroatoms. The van der Waals surface area contributed by atoms with Crippen LogP contribution < -0.4 is 10.2 Å². The van der Waals surface area contributed by atoms with E-state index in [1.54, 1.807) is 4.90 Å². The Morgan fingerprint density at radius 3 is 2.46 bits per heavy atom. The molecule has 1 heterocycles. The number of unbranched alkanes of at least 4 members (excludes halogenated alkanes) is 1. The maximum atomic E-state index is 13.0. The van der Waals surface area contributed by atoms with Gasteiger partial charge in [-0.1, -0.05) is 55.3 Å². The van der Waals surface area contributed by atoms with Gasteiger partial charge in [-0.05, 0) is 37.0 Å². The molecule has 0 bridgehead atoms. The predicted octanol–water partition coefficient (Wildman–Crippen LogP) is 4.06. The van der Waals surface area contributed by atoms with E-state index in [4.69, 9.17) is 0 Å². The van der Waals surface area contributed by atoms with Gasteiger partial charge in [0.15, 0.2) is 0 Å². The zero-order chi connectivity index (χ0) is 18.7. The number of nitrogens with zero attached hydrogens (tertiary/aromatic N) is 1. The number of rotatable bonds is 6. The van der Waals surface area contributed by atoms with Gasteiger partial charge >= 0.3 is 0 Å². The Labute approximate surface area is 155 Å². The van der Waals surface area contributed by atoms with Crippen LogP contribution in [-0.4, -0.2) is 11.8 Å². The van der Waals surface area contributed by atoms with Crippen LogP contribution >= 0.6 is 0 Å². The number of amides is 2. The van der Waals surface area contributed by atoms with E-state index in [1.165, 1.54) is 18.1 Å². The number of hydrogen-bond acceptors (Lipinski definition) is 2. The highest BCUT2D eigenvalue weighted by atomic mass is 16.2. The summed E-state index contributed by atoms with van der Waals surface area (Å²) in [5.74, 6) is -0.256. The van der Waals surface area contributed by atoms with Crippen LogP contribution in [0.1, 0.15) is 55.0 Å². The minimum Gasteiger partial charge on any atom is -0.341 e. The average Bonchev–Trinajstić information content (AvgIpc) is 2.86. The summed E-state index contributed by atoms with van der Waals surface area (Å²) in [5.41, 5.74) is 5.29. The van der Waals surface area contributed by atoms with Gasteiger partial charge in [0, 0.05) is 18.2 Å². The molecular formula is C22H26N2O2. The van der Waals surface area contributed by atoms with E-state index < -0.39 is 6.04 Å². The second kappa shape index (κ2) is 7.73. The summed E-state index contributed by atoms with van der Waals surface area (Å²) in [4.78, 5) is 26.4. The van der Waals surface area contributed by atoms with Crippen molar-refractivity contribution in [2.45, 2.75) is 52.6 Å². The minimum atomic E-state index is -0.588. The quantitative estimate of drug-likeness (QED) is 0.854. The monoisotopic (exact) mass is 350 g/mol. The second-order valence-electron chi connectivity index (χ2n) is 7.04. The summed E-state index contributed by atoms with van der Waals surface area (Å²) in [6.45, 7) is 6.18. The summed E-state index contributed by atoms with van der Waals surface area (Å²) in [6, 6.07) is 13.8. The van der Waals surface area contributed by atoms with Crippen LogP contribution in [0.5, 0.6) is 0 Å². The van der Waals surface area contributed by atoms with Gasteiger partial charge in [0.25, 0.3) is 5.91 Å². The van der Waals surface area contributed by atoms with Crippen molar-refractivity contribution in [3.05, 3.63) is 64.7 Å². The van der Waals surface area contributed by atoms with Crippen LogP contribution in [-0.2, 0) is 22.6 Å². The second-order valence-corrected chi connectivity index (χ2v) is 7.04. The van der Waals surface area contributed by atoms with Crippen LogP contribution in [0.4, 0.5) is 5.69 Å². The normalized spacial score (nSPS) is 15.9. The lowest BCUT2D eigenvalue weighted by Gasteiger charge is -2.18. The van der Waals surface area contributed by atoms with E-state index in [0.717, 1.165) is 36.1 Å². The molecule has 26 heavy (non-hydrogen) atoms. The van der Waals surface area contributed by atoms with Crippen molar-refractivity contribution >= 4 is 17.5 Å². The number of aryl methyl sites for hydroxylation is 2. The molecule has 1 N–H and O–H groups in total. The van der Waals surface area contributed by atoms with E-state index in [9.17, 15) is 9.59 Å². The average molecular weight is 350 g/mol. The Bertz CT molecular complexity index is 811. The molecular weight excluding hydrogens is 324 g/mol. The zero-order valence-corrected chi connectivity index (χ0v) is 15.7. The molecule has 1 atom stereocenters. The third-order valence-corrected chi connectivity index (χ3v) is 4.83. The number of carbonyl (C=O) groups excluding carboxylic acids is 2. The SMILES string of the molecule is CCCCc1ccc2c(c1)[C@@H](NC(C)=O)C(=O)N2Cc1ccc(C)cc1. The molecule has 2 amide bonds. The fourth-order valence-electron chi connectivity index (χ4n) is 3.41. The molecule has 0 fully saturated rings. The van der Waals surface area contributed by atoms with Crippen molar-refractivity contribution in [2.24, 2.45) is 0 Å². The maximum absolute atomic E-state index is 13.0. The van der Waals surface area contributed by atoms with E-state index in [0.29, 0.717) is 6.54 Å². The number of carbonyl (C=O) groups is 2. The molecule has 0 unspecified atom stereocenters. The third-order valence-electron chi connectivity index (χ3n) is 4.83. The smallest absolute Gasteiger partial charge is 0.254 e. The summed E-state index contributed by atoms with van der Waals surface area (Å²) in [5, 5.41) is 2.83. The fraction of sp³-hybridized carbons (Fsp3) is 0.364. The summed E-state index contributed by atoms with van der Waals surface area (Å²) < 4.78 is 0. The maximum Gasteiger partial charge on any atom is 0.254 e. The van der Waals surface area contributed by atoms with Gasteiger partial charge in [0.1, 0.15) is 6.04 Å². The molecule has 4 nitrogen and oxygen atoms in total. The zero-order valence-electron chi connectivity index (χ0n) is 15.7. The van der Waals surface area contributed by atoms with Crippen molar-refractivity contribution in [1.29, 1.82) is 0 Å². The highest BCUT2D eigenvalue weighted by molar-refractivity contribution is 6.06. The number of hydrogen-bond donors (Lipinski definition) is 1. The molecule has 1 aliphatic rings. The molecule has 2 aromatic rings. The third kappa shape index (κ3) is 3.79. The summed E-state index contributed by atoms with van der Waals surface area (Å²) in [6.07, 6.45) is 3.23.